The normalized spacial score (nSPS) is 18.3. The molecule has 64 heavy (non-hydrogen) atoms. The van der Waals surface area contributed by atoms with Crippen molar-refractivity contribution in [3.63, 3.8) is 0 Å². The number of piperazine rings is 1. The molecule has 2 saturated heterocycles. The summed E-state index contributed by atoms with van der Waals surface area (Å²) in [6.45, 7) is 12.7. The topological polar surface area (TPSA) is 171 Å². The molecule has 332 valence electrons. The Hall–Kier alpha value is -6.68. The number of amides is 3. The van der Waals surface area contributed by atoms with Crippen molar-refractivity contribution in [1.29, 1.82) is 0 Å². The zero-order valence-corrected chi connectivity index (χ0v) is 36.5. The molecule has 16 heteroatoms. The van der Waals surface area contributed by atoms with Gasteiger partial charge in [0.2, 0.25) is 11.9 Å². The predicted molar refractivity (Wildman–Crippen MR) is 246 cm³/mol. The Balaban J connectivity index is 0.793. The minimum absolute atomic E-state index is 0.0395. The van der Waals surface area contributed by atoms with E-state index in [4.69, 9.17) is 9.97 Å². The smallest absolute Gasteiger partial charge is 0.278 e. The highest BCUT2D eigenvalue weighted by Crippen LogP contribution is 2.37. The van der Waals surface area contributed by atoms with E-state index in [1.807, 2.05) is 24.3 Å². The van der Waals surface area contributed by atoms with Crippen molar-refractivity contribution in [2.24, 2.45) is 5.92 Å². The van der Waals surface area contributed by atoms with Gasteiger partial charge in [-0.1, -0.05) is 25.1 Å². The van der Waals surface area contributed by atoms with Crippen molar-refractivity contribution >= 4 is 58.1 Å². The Morgan fingerprint density at radius 2 is 1.70 bits per heavy atom. The molecule has 0 radical (unpaired) electrons. The zero-order valence-electron chi connectivity index (χ0n) is 36.5. The Labute approximate surface area is 371 Å². The fourth-order valence-electron chi connectivity index (χ4n) is 9.96. The van der Waals surface area contributed by atoms with Crippen molar-refractivity contribution in [2.45, 2.75) is 70.4 Å². The quantitative estimate of drug-likeness (QED) is 0.0815. The van der Waals surface area contributed by atoms with Crippen LogP contribution in [-0.4, -0.2) is 117 Å². The highest BCUT2D eigenvalue weighted by Gasteiger charge is 2.42. The van der Waals surface area contributed by atoms with Gasteiger partial charge in [0, 0.05) is 88.5 Å². The van der Waals surface area contributed by atoms with Gasteiger partial charge in [-0.05, 0) is 92.5 Å². The number of nitrogens with zero attached hydrogens (tertiary/aromatic N) is 9. The third kappa shape index (κ3) is 8.06. The fourth-order valence-corrected chi connectivity index (χ4v) is 9.96. The molecule has 5 aromatic rings. The third-order valence-electron chi connectivity index (χ3n) is 13.5. The Morgan fingerprint density at radius 3 is 2.42 bits per heavy atom. The van der Waals surface area contributed by atoms with Crippen LogP contribution in [0, 0.1) is 5.92 Å². The van der Waals surface area contributed by atoms with Gasteiger partial charge in [0.15, 0.2) is 11.5 Å². The van der Waals surface area contributed by atoms with Crippen LogP contribution < -0.4 is 26.0 Å². The number of rotatable bonds is 15. The predicted octanol–water partition coefficient (Wildman–Crippen LogP) is 5.07. The summed E-state index contributed by atoms with van der Waals surface area (Å²) in [7, 11) is 1.51. The first-order valence-corrected chi connectivity index (χ1v) is 22.5. The molecule has 0 bridgehead atoms. The van der Waals surface area contributed by atoms with Crippen molar-refractivity contribution < 1.29 is 19.2 Å². The molecule has 16 nitrogen and oxygen atoms in total. The highest BCUT2D eigenvalue weighted by molar-refractivity contribution is 6.24. The number of pyridine rings is 1. The average molecular weight is 866 g/mol. The molecule has 6 heterocycles. The summed E-state index contributed by atoms with van der Waals surface area (Å²) in [5.74, 6) is 0.757. The van der Waals surface area contributed by atoms with Crippen molar-refractivity contribution in [3.8, 4) is 5.82 Å². The molecule has 3 aromatic heterocycles. The first-order valence-electron chi connectivity index (χ1n) is 22.5. The average Bonchev–Trinajstić information content (AvgIpc) is 3.95. The maximum absolute atomic E-state index is 13.7. The summed E-state index contributed by atoms with van der Waals surface area (Å²) in [6, 6.07) is 16.7. The number of carbonyl (C=O) groups excluding carboxylic acids is 4. The van der Waals surface area contributed by atoms with E-state index in [1.165, 1.54) is 12.6 Å². The molecular formula is C48H55N11O5. The van der Waals surface area contributed by atoms with Crippen molar-refractivity contribution in [2.75, 3.05) is 68.0 Å². The number of hydrogen-bond acceptors (Lipinski definition) is 12. The second-order valence-corrected chi connectivity index (χ2v) is 17.3. The minimum Gasteiger partial charge on any atom is -0.371 e. The van der Waals surface area contributed by atoms with Gasteiger partial charge < -0.3 is 25.2 Å². The van der Waals surface area contributed by atoms with Gasteiger partial charge >= 0.3 is 0 Å². The fraction of sp³-hybridized carbons (Fsp3) is 0.417. The summed E-state index contributed by atoms with van der Waals surface area (Å²) in [4.78, 5) is 87.0. The lowest BCUT2D eigenvalue weighted by Gasteiger charge is -2.40. The van der Waals surface area contributed by atoms with Crippen LogP contribution in [0.3, 0.4) is 0 Å². The number of hydrogen-bond donors (Lipinski definition) is 2. The monoisotopic (exact) mass is 865 g/mol. The molecule has 2 aromatic carbocycles. The Kier molecular flexibility index (Phi) is 12.1. The molecule has 2 unspecified atom stereocenters. The molecule has 1 aliphatic carbocycles. The maximum Gasteiger partial charge on any atom is 0.278 e. The number of aryl methyl sites for hydroxylation is 1. The summed E-state index contributed by atoms with van der Waals surface area (Å²) in [6.07, 6.45) is 9.06. The van der Waals surface area contributed by atoms with Crippen LogP contribution in [0.1, 0.15) is 83.3 Å². The lowest BCUT2D eigenvalue weighted by molar-refractivity contribution is -0.121. The molecule has 3 aliphatic heterocycles. The number of benzene rings is 2. The van der Waals surface area contributed by atoms with Crippen LogP contribution in [0.25, 0.3) is 16.9 Å². The number of fused-ring (bicyclic) bond motifs is 3. The Morgan fingerprint density at radius 1 is 0.922 bits per heavy atom. The van der Waals surface area contributed by atoms with Crippen LogP contribution in [0.4, 0.5) is 23.0 Å². The van der Waals surface area contributed by atoms with Crippen LogP contribution in [0.15, 0.2) is 78.2 Å². The first kappa shape index (κ1) is 42.6. The van der Waals surface area contributed by atoms with E-state index in [1.54, 1.807) is 33.8 Å². The second kappa shape index (κ2) is 18.2. The SMILES string of the molecule is C=CCn1c(=O)c2cnc(Nc3ccc(N4CCN(CC5CCN(c6cccc7c6C(=O)N(C(C=O)CCC(=O)NC)C7=O)CC5)CC4)cc3)nc2n1-c1ccc2c(n1)C(CC)CC2. The summed E-state index contributed by atoms with van der Waals surface area (Å²) in [5, 5.41) is 6.29. The summed E-state index contributed by atoms with van der Waals surface area (Å²) in [5.41, 5.74) is 6.06. The lowest BCUT2D eigenvalue weighted by atomic mass is 9.94. The molecule has 3 amide bonds. The molecule has 0 spiro atoms. The van der Waals surface area contributed by atoms with Crippen LogP contribution in [0.5, 0.6) is 0 Å². The van der Waals surface area contributed by atoms with E-state index in [0.29, 0.717) is 58.6 Å². The second-order valence-electron chi connectivity index (χ2n) is 17.3. The van der Waals surface area contributed by atoms with Gasteiger partial charge in [0.25, 0.3) is 17.4 Å². The van der Waals surface area contributed by atoms with Crippen LogP contribution >= 0.6 is 0 Å². The number of aromatic nitrogens is 5. The van der Waals surface area contributed by atoms with Crippen LogP contribution in [0.2, 0.25) is 0 Å². The molecule has 4 aliphatic rings. The number of allylic oxidation sites excluding steroid dienone is 1. The Bertz CT molecular complexity index is 2660. The van der Waals surface area contributed by atoms with Gasteiger partial charge in [-0.3, -0.25) is 29.0 Å². The van der Waals surface area contributed by atoms with Gasteiger partial charge in [-0.2, -0.15) is 4.98 Å². The van der Waals surface area contributed by atoms with E-state index < -0.39 is 17.9 Å². The molecule has 0 saturated carbocycles. The highest BCUT2D eigenvalue weighted by atomic mass is 16.2. The van der Waals surface area contributed by atoms with Crippen LogP contribution in [-0.2, 0) is 22.6 Å². The standard InChI is InChI=1S/C48H55N11O5/c1-4-21-57-45(62)38-28-50-48(53-44(38)59(57)40-17-11-33-10-9-32(5-2)43(33)52-40)51-34-12-14-35(15-13-34)55-26-24-54(25-27-55)29-31-19-22-56(23-20-31)39-8-6-7-37-42(39)47(64)58(46(37)63)36(30-60)16-18-41(61)49-3/h4,6-8,11-15,17,28,30-32,36H,1,5,9-10,16,18-27,29H2,2-3H3,(H,49,61)(H,50,51,53). The van der Waals surface area contributed by atoms with Gasteiger partial charge in [0.1, 0.15) is 11.7 Å². The van der Waals surface area contributed by atoms with Gasteiger partial charge in [0.05, 0.1) is 29.4 Å². The first-order chi connectivity index (χ1) is 31.2. The number of imide groups is 1. The molecule has 2 N–H and O–H groups in total. The van der Waals surface area contributed by atoms with E-state index >= 15 is 0 Å². The lowest BCUT2D eigenvalue weighted by Crippen LogP contribution is -2.49. The summed E-state index contributed by atoms with van der Waals surface area (Å²) >= 11 is 0. The number of anilines is 4. The number of piperidine rings is 1. The third-order valence-corrected chi connectivity index (χ3v) is 13.5. The molecular weight excluding hydrogens is 811 g/mol. The molecule has 2 fully saturated rings. The van der Waals surface area contributed by atoms with Gasteiger partial charge in [-0.25, -0.2) is 19.3 Å². The van der Waals surface area contributed by atoms with E-state index in [2.05, 4.69) is 62.0 Å². The zero-order chi connectivity index (χ0) is 44.5. The number of carbonyl (C=O) groups is 4. The largest absolute Gasteiger partial charge is 0.371 e. The summed E-state index contributed by atoms with van der Waals surface area (Å²) < 4.78 is 3.41. The number of nitrogens with one attached hydrogen (secondary N) is 2. The maximum atomic E-state index is 13.7. The van der Waals surface area contributed by atoms with E-state index in [0.717, 1.165) is 106 Å². The minimum atomic E-state index is -0.999. The van der Waals surface area contributed by atoms with Gasteiger partial charge in [-0.15, -0.1) is 6.58 Å². The van der Waals surface area contributed by atoms with E-state index in [-0.39, 0.29) is 24.3 Å². The number of aldehydes is 1. The van der Waals surface area contributed by atoms with Crippen molar-refractivity contribution in [1.82, 2.24) is 39.4 Å². The molecule has 2 atom stereocenters. The van der Waals surface area contributed by atoms with Crippen molar-refractivity contribution in [3.05, 3.63) is 106 Å². The van der Waals surface area contributed by atoms with E-state index in [9.17, 15) is 24.0 Å². The molecule has 9 rings (SSSR count).